The summed E-state index contributed by atoms with van der Waals surface area (Å²) in [7, 11) is 1.91. The van der Waals surface area contributed by atoms with Gasteiger partial charge < -0.3 is 24.5 Å². The lowest BCUT2D eigenvalue weighted by molar-refractivity contribution is -0.126. The average Bonchev–Trinajstić information content (AvgIpc) is 3.30. The number of aromatic nitrogens is 2. The number of benzene rings is 2. The quantitative estimate of drug-likeness (QED) is 0.472. The Morgan fingerprint density at radius 1 is 1.15 bits per heavy atom. The summed E-state index contributed by atoms with van der Waals surface area (Å²) in [5.74, 6) is 1.01. The lowest BCUT2D eigenvalue weighted by Crippen LogP contribution is -2.49. The predicted octanol–water partition coefficient (Wildman–Crippen LogP) is 3.15. The molecule has 10 heteroatoms. The molecule has 2 aromatic carbocycles. The van der Waals surface area contributed by atoms with Crippen LogP contribution in [0.25, 0.3) is 10.8 Å². The maximum atomic E-state index is 13.9. The van der Waals surface area contributed by atoms with Gasteiger partial charge in [-0.2, -0.15) is 9.97 Å². The number of halogens is 1. The van der Waals surface area contributed by atoms with Crippen LogP contribution in [0, 0.1) is 0 Å². The molecule has 0 spiro atoms. The van der Waals surface area contributed by atoms with E-state index in [1.54, 1.807) is 11.0 Å². The Balaban J connectivity index is 1.31. The number of ether oxygens (including phenoxy) is 1. The number of phenols is 1. The molecular formula is C30H35FN6O3. The van der Waals surface area contributed by atoms with Crippen LogP contribution >= 0.6 is 0 Å². The van der Waals surface area contributed by atoms with Gasteiger partial charge in [0, 0.05) is 68.0 Å². The number of hydrogen-bond donors (Lipinski definition) is 1. The molecular weight excluding hydrogens is 511 g/mol. The van der Waals surface area contributed by atoms with Crippen LogP contribution in [0.4, 0.5) is 15.9 Å². The van der Waals surface area contributed by atoms with Crippen molar-refractivity contribution in [1.82, 2.24) is 19.8 Å². The van der Waals surface area contributed by atoms with Crippen LogP contribution in [-0.4, -0.2) is 95.9 Å². The number of fused-ring (bicyclic) bond motifs is 2. The number of rotatable bonds is 6. The van der Waals surface area contributed by atoms with Gasteiger partial charge in [0.05, 0.1) is 12.2 Å². The van der Waals surface area contributed by atoms with E-state index >= 15 is 0 Å². The number of piperazine rings is 1. The normalized spacial score (nSPS) is 21.5. The molecule has 6 rings (SSSR count). The molecule has 1 aromatic heterocycles. The highest BCUT2D eigenvalue weighted by Gasteiger charge is 2.32. The second-order valence-corrected chi connectivity index (χ2v) is 10.9. The highest BCUT2D eigenvalue weighted by molar-refractivity contribution is 5.95. The van der Waals surface area contributed by atoms with Crippen LogP contribution < -0.4 is 14.5 Å². The fourth-order valence-corrected chi connectivity index (χ4v) is 6.10. The molecule has 3 aliphatic heterocycles. The molecule has 0 aliphatic carbocycles. The lowest BCUT2D eigenvalue weighted by Gasteiger charge is -2.38. The number of aromatic hydroxyl groups is 1. The zero-order valence-corrected chi connectivity index (χ0v) is 22.8. The molecule has 0 bridgehead atoms. The molecule has 9 nitrogen and oxygen atoms in total. The van der Waals surface area contributed by atoms with Crippen molar-refractivity contribution in [3.05, 3.63) is 60.3 Å². The third-order valence-corrected chi connectivity index (χ3v) is 8.30. The van der Waals surface area contributed by atoms with E-state index in [0.717, 1.165) is 46.5 Å². The van der Waals surface area contributed by atoms with E-state index in [1.807, 2.05) is 36.2 Å². The van der Waals surface area contributed by atoms with Crippen molar-refractivity contribution in [1.29, 1.82) is 0 Å². The Labute approximate surface area is 233 Å². The zero-order valence-electron chi connectivity index (χ0n) is 22.8. The third-order valence-electron chi connectivity index (χ3n) is 8.30. The highest BCUT2D eigenvalue weighted by atomic mass is 19.1. The minimum Gasteiger partial charge on any atom is -0.508 e. The van der Waals surface area contributed by atoms with Crippen molar-refractivity contribution >= 4 is 28.2 Å². The third kappa shape index (κ3) is 5.15. The molecule has 3 aliphatic rings. The van der Waals surface area contributed by atoms with Gasteiger partial charge in [0.1, 0.15) is 24.3 Å². The van der Waals surface area contributed by atoms with E-state index in [9.17, 15) is 14.3 Å². The Bertz CT molecular complexity index is 1430. The minimum atomic E-state index is -0.848. The molecule has 0 saturated carbocycles. The van der Waals surface area contributed by atoms with Gasteiger partial charge in [-0.1, -0.05) is 30.8 Å². The molecule has 3 aromatic rings. The SMILES string of the molecule is C=CC(=O)N1CCN(c2nc(OC[C@@H]3C[C@@H](F)CN3C)nc3c2CCN(c2cc(O)cc4ccccc24)C3)CC1. The van der Waals surface area contributed by atoms with E-state index in [4.69, 9.17) is 14.7 Å². The monoisotopic (exact) mass is 546 g/mol. The summed E-state index contributed by atoms with van der Waals surface area (Å²) in [5, 5.41) is 12.5. The summed E-state index contributed by atoms with van der Waals surface area (Å²) in [6, 6.07) is 11.9. The van der Waals surface area contributed by atoms with Gasteiger partial charge in [0.25, 0.3) is 0 Å². The fourth-order valence-electron chi connectivity index (χ4n) is 6.10. The van der Waals surface area contributed by atoms with Crippen LogP contribution in [0.3, 0.4) is 0 Å². The first-order valence-electron chi connectivity index (χ1n) is 13.9. The van der Waals surface area contributed by atoms with Gasteiger partial charge >= 0.3 is 6.01 Å². The largest absolute Gasteiger partial charge is 0.508 e. The number of likely N-dealkylation sites (N-methyl/N-ethyl adjacent to an activating group) is 1. The number of amides is 1. The second kappa shape index (κ2) is 10.9. The van der Waals surface area contributed by atoms with Gasteiger partial charge in [-0.15, -0.1) is 0 Å². The minimum absolute atomic E-state index is 0.0262. The molecule has 210 valence electrons. The molecule has 2 saturated heterocycles. The van der Waals surface area contributed by atoms with Crippen LogP contribution in [0.2, 0.25) is 0 Å². The molecule has 0 unspecified atom stereocenters. The topological polar surface area (TPSA) is 85.3 Å². The Hall–Kier alpha value is -3.92. The van der Waals surface area contributed by atoms with E-state index < -0.39 is 6.17 Å². The molecule has 4 heterocycles. The molecule has 2 atom stereocenters. The first-order valence-corrected chi connectivity index (χ1v) is 13.9. The highest BCUT2D eigenvalue weighted by Crippen LogP contribution is 2.36. The van der Waals surface area contributed by atoms with Crippen molar-refractivity contribution in [2.75, 3.05) is 62.7 Å². The summed E-state index contributed by atoms with van der Waals surface area (Å²) in [6.45, 7) is 8.11. The maximum absolute atomic E-state index is 13.9. The molecule has 40 heavy (non-hydrogen) atoms. The standard InChI is InChI=1S/C30H35FN6O3/c1-3-28(39)35-10-12-36(13-11-35)29-25-8-9-37(27-16-23(38)14-20-6-4-5-7-24(20)27)18-26(25)32-30(33-29)40-19-22-15-21(31)17-34(22)2/h3-7,14,16,21-22,38H,1,8-13,15,17-19H2,2H3/t21-,22+/m1/s1. The first kappa shape index (κ1) is 26.3. The number of carbonyl (C=O) groups is 1. The van der Waals surface area contributed by atoms with Gasteiger partial charge in [-0.25, -0.2) is 4.39 Å². The molecule has 1 amide bonds. The Morgan fingerprint density at radius 2 is 1.95 bits per heavy atom. The first-order chi connectivity index (χ1) is 19.4. The number of nitrogens with zero attached hydrogens (tertiary/aromatic N) is 6. The second-order valence-electron chi connectivity index (χ2n) is 10.9. The summed E-state index contributed by atoms with van der Waals surface area (Å²) in [4.78, 5) is 30.1. The molecule has 1 N–H and O–H groups in total. The zero-order chi connectivity index (χ0) is 27.8. The molecule has 0 radical (unpaired) electrons. The number of anilines is 2. The molecule has 2 fully saturated rings. The van der Waals surface area contributed by atoms with Gasteiger partial charge in [0.15, 0.2) is 0 Å². The summed E-state index contributed by atoms with van der Waals surface area (Å²) >= 11 is 0. The van der Waals surface area contributed by atoms with Gasteiger partial charge in [-0.05, 0) is 37.4 Å². The van der Waals surface area contributed by atoms with Crippen molar-refractivity contribution in [3.63, 3.8) is 0 Å². The number of phenolic OH excluding ortho intramolecular Hbond substituents is 1. The van der Waals surface area contributed by atoms with E-state index in [1.165, 1.54) is 6.08 Å². The summed E-state index contributed by atoms with van der Waals surface area (Å²) < 4.78 is 20.1. The smallest absolute Gasteiger partial charge is 0.318 e. The number of likely N-dealkylation sites (tertiary alicyclic amines) is 1. The van der Waals surface area contributed by atoms with E-state index in [2.05, 4.69) is 22.4 Å². The number of hydrogen-bond acceptors (Lipinski definition) is 8. The number of carbonyl (C=O) groups excluding carboxylic acids is 1. The lowest BCUT2D eigenvalue weighted by atomic mass is 10.0. The van der Waals surface area contributed by atoms with Crippen molar-refractivity contribution in [2.24, 2.45) is 0 Å². The maximum Gasteiger partial charge on any atom is 0.318 e. The van der Waals surface area contributed by atoms with Gasteiger partial charge in [-0.3, -0.25) is 9.69 Å². The summed E-state index contributed by atoms with van der Waals surface area (Å²) in [6.07, 6.45) is 1.68. The van der Waals surface area contributed by atoms with E-state index in [0.29, 0.717) is 52.3 Å². The van der Waals surface area contributed by atoms with Crippen LogP contribution in [0.5, 0.6) is 11.8 Å². The van der Waals surface area contributed by atoms with Crippen LogP contribution in [0.1, 0.15) is 17.7 Å². The van der Waals surface area contributed by atoms with Crippen molar-refractivity contribution in [3.8, 4) is 11.8 Å². The van der Waals surface area contributed by atoms with E-state index in [-0.39, 0.29) is 23.7 Å². The van der Waals surface area contributed by atoms with Crippen molar-refractivity contribution < 1.29 is 19.0 Å². The predicted molar refractivity (Wildman–Crippen MR) is 153 cm³/mol. The number of alkyl halides is 1. The Morgan fingerprint density at radius 3 is 2.70 bits per heavy atom. The Kier molecular flexibility index (Phi) is 7.18. The average molecular weight is 547 g/mol. The van der Waals surface area contributed by atoms with Crippen molar-refractivity contribution in [2.45, 2.75) is 31.6 Å². The van der Waals surface area contributed by atoms with Crippen LogP contribution in [-0.2, 0) is 17.8 Å². The fraction of sp³-hybridized carbons (Fsp3) is 0.433. The summed E-state index contributed by atoms with van der Waals surface area (Å²) in [5.41, 5.74) is 2.92. The van der Waals surface area contributed by atoms with Crippen LogP contribution in [0.15, 0.2) is 49.1 Å². The van der Waals surface area contributed by atoms with Gasteiger partial charge in [0.2, 0.25) is 5.91 Å².